The molecule has 0 aromatic carbocycles. The highest BCUT2D eigenvalue weighted by Crippen LogP contribution is 2.27. The van der Waals surface area contributed by atoms with E-state index in [-0.39, 0.29) is 0 Å². The largest absolute Gasteiger partial charge is 0.396 e. The Labute approximate surface area is 109 Å². The Kier molecular flexibility index (Phi) is 4.82. The Morgan fingerprint density at radius 2 is 2.12 bits per heavy atom. The number of hydrogen-bond acceptors (Lipinski definition) is 3. The summed E-state index contributed by atoms with van der Waals surface area (Å²) in [6.07, 6.45) is 4.80. The molecule has 1 saturated carbocycles. The molecule has 2 nitrogen and oxygen atoms in total. The summed E-state index contributed by atoms with van der Waals surface area (Å²) in [5.74, 6) is 0.510. The number of rotatable bonds is 4. The Bertz CT molecular complexity index is 319. The SMILES string of the molecule is OCC1CCC(OCc2cc(Br)cs2)CC1. The van der Waals surface area contributed by atoms with Gasteiger partial charge in [-0.3, -0.25) is 0 Å². The van der Waals surface area contributed by atoms with Crippen LogP contribution in [0, 0.1) is 5.92 Å². The summed E-state index contributed by atoms with van der Waals surface area (Å²) in [6, 6.07) is 2.12. The van der Waals surface area contributed by atoms with Crippen LogP contribution in [0.25, 0.3) is 0 Å². The van der Waals surface area contributed by atoms with Crippen molar-refractivity contribution in [3.63, 3.8) is 0 Å². The molecule has 0 aliphatic heterocycles. The normalized spacial score (nSPS) is 25.9. The molecule has 4 heteroatoms. The first kappa shape index (κ1) is 12.6. The van der Waals surface area contributed by atoms with Crippen LogP contribution in [-0.4, -0.2) is 17.8 Å². The van der Waals surface area contributed by atoms with Crippen molar-refractivity contribution in [2.75, 3.05) is 6.61 Å². The summed E-state index contributed by atoms with van der Waals surface area (Å²) >= 11 is 5.17. The molecule has 1 aromatic heterocycles. The fraction of sp³-hybridized carbons (Fsp3) is 0.667. The van der Waals surface area contributed by atoms with Crippen molar-refractivity contribution in [3.8, 4) is 0 Å². The molecule has 0 spiro atoms. The average Bonchev–Trinajstić information content (AvgIpc) is 2.73. The third-order valence-corrected chi connectivity index (χ3v) is 4.81. The van der Waals surface area contributed by atoms with Crippen LogP contribution < -0.4 is 0 Å². The van der Waals surface area contributed by atoms with Gasteiger partial charge in [0.25, 0.3) is 0 Å². The second kappa shape index (κ2) is 6.15. The summed E-state index contributed by atoms with van der Waals surface area (Å²) in [5, 5.41) is 11.1. The summed E-state index contributed by atoms with van der Waals surface area (Å²) in [4.78, 5) is 1.27. The maximum Gasteiger partial charge on any atom is 0.0813 e. The highest BCUT2D eigenvalue weighted by atomic mass is 79.9. The molecule has 0 bridgehead atoms. The number of halogens is 1. The minimum Gasteiger partial charge on any atom is -0.396 e. The molecule has 0 atom stereocenters. The number of aliphatic hydroxyl groups is 1. The highest BCUT2D eigenvalue weighted by Gasteiger charge is 2.20. The average molecular weight is 305 g/mol. The van der Waals surface area contributed by atoms with Gasteiger partial charge >= 0.3 is 0 Å². The first-order valence-electron chi connectivity index (χ1n) is 5.73. The standard InChI is InChI=1S/C12H17BrO2S/c13-10-5-12(16-8-10)7-15-11-3-1-9(6-14)2-4-11/h5,8-9,11,14H,1-4,6-7H2. The van der Waals surface area contributed by atoms with Crippen molar-refractivity contribution >= 4 is 27.3 Å². The Morgan fingerprint density at radius 1 is 1.38 bits per heavy atom. The van der Waals surface area contributed by atoms with Crippen LogP contribution in [0.4, 0.5) is 0 Å². The van der Waals surface area contributed by atoms with Gasteiger partial charge in [0.2, 0.25) is 0 Å². The maximum atomic E-state index is 9.04. The van der Waals surface area contributed by atoms with E-state index >= 15 is 0 Å². The van der Waals surface area contributed by atoms with E-state index in [1.54, 1.807) is 11.3 Å². The summed E-state index contributed by atoms with van der Waals surface area (Å²) in [7, 11) is 0. The van der Waals surface area contributed by atoms with Crippen LogP contribution in [0.15, 0.2) is 15.9 Å². The lowest BCUT2D eigenvalue weighted by Crippen LogP contribution is -2.23. The molecule has 0 amide bonds. The molecule has 1 N–H and O–H groups in total. The maximum absolute atomic E-state index is 9.04. The van der Waals surface area contributed by atoms with E-state index in [1.807, 2.05) is 0 Å². The Morgan fingerprint density at radius 3 is 2.69 bits per heavy atom. The topological polar surface area (TPSA) is 29.5 Å². The van der Waals surface area contributed by atoms with Gasteiger partial charge in [0, 0.05) is 21.3 Å². The van der Waals surface area contributed by atoms with Crippen LogP contribution in [0.5, 0.6) is 0 Å². The first-order chi connectivity index (χ1) is 7.78. The zero-order valence-electron chi connectivity index (χ0n) is 9.19. The molecule has 90 valence electrons. The molecule has 1 heterocycles. The van der Waals surface area contributed by atoms with Gasteiger partial charge in [0.05, 0.1) is 12.7 Å². The summed E-state index contributed by atoms with van der Waals surface area (Å²) in [6.45, 7) is 1.06. The smallest absolute Gasteiger partial charge is 0.0813 e. The number of ether oxygens (including phenoxy) is 1. The lowest BCUT2D eigenvalue weighted by molar-refractivity contribution is 0.00234. The van der Waals surface area contributed by atoms with Crippen LogP contribution in [0.2, 0.25) is 0 Å². The fourth-order valence-corrected chi connectivity index (χ4v) is 3.48. The lowest BCUT2D eigenvalue weighted by Gasteiger charge is -2.27. The van der Waals surface area contributed by atoms with Gasteiger partial charge in [-0.05, 0) is 53.6 Å². The van der Waals surface area contributed by atoms with Crippen molar-refractivity contribution < 1.29 is 9.84 Å². The third kappa shape index (κ3) is 3.55. The number of aliphatic hydroxyl groups excluding tert-OH is 1. The predicted molar refractivity (Wildman–Crippen MR) is 69.6 cm³/mol. The lowest BCUT2D eigenvalue weighted by atomic mass is 9.88. The summed E-state index contributed by atoms with van der Waals surface area (Å²) < 4.78 is 7.02. The minimum atomic E-state index is 0.338. The van der Waals surface area contributed by atoms with Crippen LogP contribution >= 0.6 is 27.3 Å². The summed E-state index contributed by atoms with van der Waals surface area (Å²) in [5.41, 5.74) is 0. The van der Waals surface area contributed by atoms with Gasteiger partial charge < -0.3 is 9.84 Å². The van der Waals surface area contributed by atoms with Gasteiger partial charge in [0.1, 0.15) is 0 Å². The zero-order valence-corrected chi connectivity index (χ0v) is 11.6. The molecule has 1 aliphatic carbocycles. The Balaban J connectivity index is 1.71. The highest BCUT2D eigenvalue weighted by molar-refractivity contribution is 9.10. The van der Waals surface area contributed by atoms with E-state index in [4.69, 9.17) is 9.84 Å². The monoisotopic (exact) mass is 304 g/mol. The molecule has 1 aliphatic rings. The van der Waals surface area contributed by atoms with Crippen molar-refractivity contribution in [1.82, 2.24) is 0 Å². The van der Waals surface area contributed by atoms with E-state index in [1.165, 1.54) is 4.88 Å². The molecule has 1 aromatic rings. The van der Waals surface area contributed by atoms with E-state index in [0.717, 1.165) is 36.8 Å². The van der Waals surface area contributed by atoms with Crippen LogP contribution in [-0.2, 0) is 11.3 Å². The van der Waals surface area contributed by atoms with E-state index < -0.39 is 0 Å². The molecule has 0 unspecified atom stereocenters. The molecular formula is C12H17BrO2S. The van der Waals surface area contributed by atoms with Crippen LogP contribution in [0.3, 0.4) is 0 Å². The number of hydrogen-bond donors (Lipinski definition) is 1. The third-order valence-electron chi connectivity index (χ3n) is 3.14. The van der Waals surface area contributed by atoms with Gasteiger partial charge in [-0.1, -0.05) is 0 Å². The van der Waals surface area contributed by atoms with Crippen molar-refractivity contribution in [2.24, 2.45) is 5.92 Å². The van der Waals surface area contributed by atoms with E-state index in [9.17, 15) is 0 Å². The van der Waals surface area contributed by atoms with Crippen molar-refractivity contribution in [1.29, 1.82) is 0 Å². The van der Waals surface area contributed by atoms with Gasteiger partial charge in [0.15, 0.2) is 0 Å². The van der Waals surface area contributed by atoms with E-state index in [0.29, 0.717) is 18.6 Å². The predicted octanol–water partition coefficient (Wildman–Crippen LogP) is 3.58. The van der Waals surface area contributed by atoms with Crippen molar-refractivity contribution in [3.05, 3.63) is 20.8 Å². The van der Waals surface area contributed by atoms with Crippen molar-refractivity contribution in [2.45, 2.75) is 38.4 Å². The molecule has 0 radical (unpaired) electrons. The van der Waals surface area contributed by atoms with E-state index in [2.05, 4.69) is 27.4 Å². The molecule has 1 fully saturated rings. The zero-order chi connectivity index (χ0) is 11.4. The fourth-order valence-electron chi connectivity index (χ4n) is 2.11. The quantitative estimate of drug-likeness (QED) is 0.921. The van der Waals surface area contributed by atoms with Gasteiger partial charge in [-0.25, -0.2) is 0 Å². The molecule has 0 saturated heterocycles. The second-order valence-electron chi connectivity index (χ2n) is 4.37. The Hall–Kier alpha value is 0.1000. The first-order valence-corrected chi connectivity index (χ1v) is 7.40. The minimum absolute atomic E-state index is 0.338. The van der Waals surface area contributed by atoms with Gasteiger partial charge in [-0.15, -0.1) is 11.3 Å². The number of thiophene rings is 1. The molecular weight excluding hydrogens is 288 g/mol. The molecule has 2 rings (SSSR count). The van der Waals surface area contributed by atoms with Crippen LogP contribution in [0.1, 0.15) is 30.6 Å². The second-order valence-corrected chi connectivity index (χ2v) is 6.28. The molecule has 16 heavy (non-hydrogen) atoms. The van der Waals surface area contributed by atoms with Gasteiger partial charge in [-0.2, -0.15) is 0 Å².